The number of methoxy groups -OCH3 is 1. The third-order valence-electron chi connectivity index (χ3n) is 4.24. The minimum Gasteiger partial charge on any atom is -0.504 e. The summed E-state index contributed by atoms with van der Waals surface area (Å²) in [4.78, 5) is 12.2. The van der Waals surface area contributed by atoms with Crippen LogP contribution in [-0.2, 0) is 11.3 Å². The van der Waals surface area contributed by atoms with Crippen LogP contribution in [0.4, 0.5) is 0 Å². The van der Waals surface area contributed by atoms with Crippen molar-refractivity contribution in [1.82, 2.24) is 0 Å². The maximum absolute atomic E-state index is 12.2. The molecule has 3 heteroatoms. The molecule has 3 nitrogen and oxygen atoms in total. The van der Waals surface area contributed by atoms with E-state index in [1.165, 1.54) is 18.4 Å². The maximum Gasteiger partial charge on any atom is 0.162 e. The van der Waals surface area contributed by atoms with E-state index in [2.05, 4.69) is 0 Å². The van der Waals surface area contributed by atoms with E-state index in [0.29, 0.717) is 12.3 Å². The lowest BCUT2D eigenvalue weighted by atomic mass is 9.81. The normalized spacial score (nSPS) is 20.5. The molecule has 0 unspecified atom stereocenters. The zero-order chi connectivity index (χ0) is 15.1. The van der Waals surface area contributed by atoms with Gasteiger partial charge < -0.3 is 9.84 Å². The van der Waals surface area contributed by atoms with E-state index in [9.17, 15) is 4.79 Å². The van der Waals surface area contributed by atoms with E-state index in [0.717, 1.165) is 30.4 Å². The van der Waals surface area contributed by atoms with E-state index in [4.69, 9.17) is 9.84 Å². The van der Waals surface area contributed by atoms with Crippen LogP contribution in [0.3, 0.4) is 0 Å². The van der Waals surface area contributed by atoms with Gasteiger partial charge in [0.2, 0.25) is 0 Å². The second-order valence-electron chi connectivity index (χ2n) is 5.69. The SMILES string of the molecule is CO/C=C1/CCCC[C@@H]1CCC(=O)c1ccc(CO)cc1. The third-order valence-corrected chi connectivity index (χ3v) is 4.24. The number of Topliss-reactive ketones (excluding diaryl/α,β-unsaturated/α-hetero) is 1. The molecule has 0 radical (unpaired) electrons. The molecule has 0 heterocycles. The lowest BCUT2D eigenvalue weighted by Crippen LogP contribution is -2.12. The first-order valence-electron chi connectivity index (χ1n) is 7.69. The van der Waals surface area contributed by atoms with Crippen molar-refractivity contribution in [3.63, 3.8) is 0 Å². The van der Waals surface area contributed by atoms with Crippen molar-refractivity contribution in [2.75, 3.05) is 7.11 Å². The Bertz CT molecular complexity index is 488. The predicted molar refractivity (Wildman–Crippen MR) is 83.0 cm³/mol. The van der Waals surface area contributed by atoms with Gasteiger partial charge in [0.15, 0.2) is 5.78 Å². The van der Waals surface area contributed by atoms with E-state index < -0.39 is 0 Å². The number of rotatable bonds is 6. The Kier molecular flexibility index (Phi) is 6.00. The van der Waals surface area contributed by atoms with Gasteiger partial charge >= 0.3 is 0 Å². The summed E-state index contributed by atoms with van der Waals surface area (Å²) in [6.45, 7) is 0.0156. The van der Waals surface area contributed by atoms with Crippen LogP contribution in [0.25, 0.3) is 0 Å². The molecule has 1 saturated carbocycles. The van der Waals surface area contributed by atoms with Crippen LogP contribution in [-0.4, -0.2) is 18.0 Å². The van der Waals surface area contributed by atoms with Crippen LogP contribution in [0.2, 0.25) is 0 Å². The van der Waals surface area contributed by atoms with Gasteiger partial charge in [-0.1, -0.05) is 30.7 Å². The van der Waals surface area contributed by atoms with Crippen molar-refractivity contribution in [2.24, 2.45) is 5.92 Å². The fourth-order valence-corrected chi connectivity index (χ4v) is 2.99. The molecule has 114 valence electrons. The van der Waals surface area contributed by atoms with Crippen LogP contribution >= 0.6 is 0 Å². The second kappa shape index (κ2) is 7.99. The quantitative estimate of drug-likeness (QED) is 0.638. The zero-order valence-corrected chi connectivity index (χ0v) is 12.7. The van der Waals surface area contributed by atoms with Gasteiger partial charge in [0.1, 0.15) is 0 Å². The Balaban J connectivity index is 1.91. The summed E-state index contributed by atoms with van der Waals surface area (Å²) in [6, 6.07) is 7.23. The molecule has 1 N–H and O–H groups in total. The summed E-state index contributed by atoms with van der Waals surface area (Å²) < 4.78 is 5.16. The number of carbonyl (C=O) groups excluding carboxylic acids is 1. The first-order valence-corrected chi connectivity index (χ1v) is 7.69. The minimum atomic E-state index is 0.0156. The minimum absolute atomic E-state index is 0.0156. The van der Waals surface area contributed by atoms with E-state index in [1.54, 1.807) is 19.2 Å². The standard InChI is InChI=1S/C18H24O3/c1-21-13-17-5-3-2-4-15(17)10-11-18(20)16-8-6-14(12-19)7-9-16/h6-9,13,15,19H,2-5,10-12H2,1H3/b17-13-/t15-/m1/s1. The van der Waals surface area contributed by atoms with Crippen molar-refractivity contribution in [3.05, 3.63) is 47.2 Å². The maximum atomic E-state index is 12.2. The fraction of sp³-hybridized carbons (Fsp3) is 0.500. The molecule has 1 aromatic carbocycles. The van der Waals surface area contributed by atoms with Crippen molar-refractivity contribution in [2.45, 2.75) is 45.1 Å². The first kappa shape index (κ1) is 15.8. The molecule has 0 saturated heterocycles. The molecule has 2 rings (SSSR count). The average molecular weight is 288 g/mol. The number of aliphatic hydroxyl groups excluding tert-OH is 1. The van der Waals surface area contributed by atoms with Crippen molar-refractivity contribution in [3.8, 4) is 0 Å². The molecule has 1 atom stereocenters. The van der Waals surface area contributed by atoms with Gasteiger partial charge in [-0.25, -0.2) is 0 Å². The van der Waals surface area contributed by atoms with Crippen LogP contribution in [0.1, 0.15) is 54.4 Å². The summed E-state index contributed by atoms with van der Waals surface area (Å²) in [5.41, 5.74) is 2.93. The van der Waals surface area contributed by atoms with Crippen molar-refractivity contribution < 1.29 is 14.6 Å². The molecule has 0 spiro atoms. The summed E-state index contributed by atoms with van der Waals surface area (Å²) in [5, 5.41) is 9.02. The summed E-state index contributed by atoms with van der Waals surface area (Å²) in [7, 11) is 1.69. The Morgan fingerprint density at radius 1 is 1.33 bits per heavy atom. The van der Waals surface area contributed by atoms with Gasteiger partial charge in [-0.2, -0.15) is 0 Å². The highest BCUT2D eigenvalue weighted by Crippen LogP contribution is 2.32. The Hall–Kier alpha value is -1.61. The molecule has 1 aromatic rings. The highest BCUT2D eigenvalue weighted by Gasteiger charge is 2.20. The molecule has 1 fully saturated rings. The molecular formula is C18H24O3. The Morgan fingerprint density at radius 2 is 2.10 bits per heavy atom. The molecule has 0 amide bonds. The molecule has 0 bridgehead atoms. The molecule has 1 aliphatic rings. The predicted octanol–water partition coefficient (Wildman–Crippen LogP) is 3.86. The van der Waals surface area contributed by atoms with Gasteiger partial charge in [0, 0.05) is 12.0 Å². The smallest absolute Gasteiger partial charge is 0.162 e. The fourth-order valence-electron chi connectivity index (χ4n) is 2.99. The van der Waals surface area contributed by atoms with Crippen LogP contribution in [0.5, 0.6) is 0 Å². The summed E-state index contributed by atoms with van der Waals surface area (Å²) >= 11 is 0. The van der Waals surface area contributed by atoms with E-state index >= 15 is 0 Å². The van der Waals surface area contributed by atoms with Gasteiger partial charge in [0.05, 0.1) is 20.0 Å². The molecule has 1 aliphatic carbocycles. The van der Waals surface area contributed by atoms with E-state index in [1.807, 2.05) is 18.4 Å². The van der Waals surface area contributed by atoms with Crippen molar-refractivity contribution in [1.29, 1.82) is 0 Å². The number of carbonyl (C=O) groups is 1. The van der Waals surface area contributed by atoms with Crippen LogP contribution in [0.15, 0.2) is 36.1 Å². The lowest BCUT2D eigenvalue weighted by Gasteiger charge is -2.24. The number of ether oxygens (including phenoxy) is 1. The number of hydrogen-bond acceptors (Lipinski definition) is 3. The largest absolute Gasteiger partial charge is 0.504 e. The Morgan fingerprint density at radius 3 is 2.76 bits per heavy atom. The number of hydrogen-bond donors (Lipinski definition) is 1. The molecule has 21 heavy (non-hydrogen) atoms. The third kappa shape index (κ3) is 4.43. The number of ketones is 1. The van der Waals surface area contributed by atoms with Crippen LogP contribution < -0.4 is 0 Å². The topological polar surface area (TPSA) is 46.5 Å². The summed E-state index contributed by atoms with van der Waals surface area (Å²) in [6.07, 6.45) is 8.06. The van der Waals surface area contributed by atoms with Crippen molar-refractivity contribution >= 4 is 5.78 Å². The molecule has 0 aliphatic heterocycles. The number of aliphatic hydroxyl groups is 1. The van der Waals surface area contributed by atoms with Gasteiger partial charge in [-0.05, 0) is 42.7 Å². The van der Waals surface area contributed by atoms with Crippen LogP contribution in [0, 0.1) is 5.92 Å². The molecular weight excluding hydrogens is 264 g/mol. The highest BCUT2D eigenvalue weighted by molar-refractivity contribution is 5.96. The van der Waals surface area contributed by atoms with Gasteiger partial charge in [-0.15, -0.1) is 0 Å². The number of allylic oxidation sites excluding steroid dienone is 1. The van der Waals surface area contributed by atoms with E-state index in [-0.39, 0.29) is 12.4 Å². The highest BCUT2D eigenvalue weighted by atomic mass is 16.5. The lowest BCUT2D eigenvalue weighted by molar-refractivity contribution is 0.0973. The zero-order valence-electron chi connectivity index (χ0n) is 12.7. The second-order valence-corrected chi connectivity index (χ2v) is 5.69. The first-order chi connectivity index (χ1) is 10.2. The summed E-state index contributed by atoms with van der Waals surface area (Å²) in [5.74, 6) is 0.668. The number of benzene rings is 1. The Labute approximate surface area is 126 Å². The monoisotopic (exact) mass is 288 g/mol. The average Bonchev–Trinajstić information content (AvgIpc) is 2.54. The van der Waals surface area contributed by atoms with Gasteiger partial charge in [-0.3, -0.25) is 4.79 Å². The van der Waals surface area contributed by atoms with Gasteiger partial charge in [0.25, 0.3) is 0 Å². The molecule has 0 aromatic heterocycles.